The molecule has 90 valence electrons. The van der Waals surface area contributed by atoms with E-state index in [4.69, 9.17) is 28.6 Å². The molecule has 0 bridgehead atoms. The number of fused-ring (bicyclic) bond motifs is 1. The topological polar surface area (TPSA) is 29.9 Å². The number of aromatic amines is 1. The number of hydrogen-bond acceptors (Lipinski definition) is 2. The van der Waals surface area contributed by atoms with Crippen LogP contribution in [0.15, 0.2) is 18.2 Å². The van der Waals surface area contributed by atoms with Crippen LogP contribution in [0.3, 0.4) is 0 Å². The van der Waals surface area contributed by atoms with E-state index in [-0.39, 0.29) is 6.10 Å². The molecule has 0 saturated carbocycles. The summed E-state index contributed by atoms with van der Waals surface area (Å²) in [5, 5.41) is 0.720. The highest BCUT2D eigenvalue weighted by atomic mass is 35.5. The highest BCUT2D eigenvalue weighted by molar-refractivity contribution is 7.71. The first-order chi connectivity index (χ1) is 8.24. The van der Waals surface area contributed by atoms with Gasteiger partial charge in [0.1, 0.15) is 0 Å². The molecule has 0 amide bonds. The largest absolute Gasteiger partial charge is 0.376 e. The molecule has 0 aliphatic carbocycles. The number of H-pyrrole nitrogens is 1. The molecule has 17 heavy (non-hydrogen) atoms. The quantitative estimate of drug-likeness (QED) is 0.845. The second-order valence-electron chi connectivity index (χ2n) is 4.34. The monoisotopic (exact) mass is 268 g/mol. The lowest BCUT2D eigenvalue weighted by Gasteiger charge is -2.10. The molecule has 0 radical (unpaired) electrons. The van der Waals surface area contributed by atoms with Crippen LogP contribution in [0, 0.1) is 4.77 Å². The maximum Gasteiger partial charge on any atom is 0.178 e. The minimum atomic E-state index is 0.288. The molecule has 3 rings (SSSR count). The third kappa shape index (κ3) is 2.12. The minimum Gasteiger partial charge on any atom is -0.376 e. The summed E-state index contributed by atoms with van der Waals surface area (Å²) in [6.07, 6.45) is 2.55. The molecule has 1 saturated heterocycles. The standard InChI is InChI=1S/C12H13ClN2OS/c13-8-3-4-11-10(6-8)14-12(17)15(11)7-9-2-1-5-16-9/h3-4,6,9H,1-2,5,7H2,(H,14,17). The van der Waals surface area contributed by atoms with Gasteiger partial charge in [-0.15, -0.1) is 0 Å². The predicted octanol–water partition coefficient (Wildman–Crippen LogP) is 3.53. The third-order valence-corrected chi connectivity index (χ3v) is 3.70. The first-order valence-electron chi connectivity index (χ1n) is 5.74. The second-order valence-corrected chi connectivity index (χ2v) is 5.16. The fraction of sp³-hybridized carbons (Fsp3) is 0.417. The van der Waals surface area contributed by atoms with Gasteiger partial charge in [-0.1, -0.05) is 11.6 Å². The predicted molar refractivity (Wildman–Crippen MR) is 71.1 cm³/mol. The number of rotatable bonds is 2. The molecule has 1 unspecified atom stereocenters. The van der Waals surface area contributed by atoms with E-state index in [2.05, 4.69) is 9.55 Å². The number of halogens is 1. The maximum atomic E-state index is 5.96. The average molecular weight is 269 g/mol. The number of benzene rings is 1. The maximum absolute atomic E-state index is 5.96. The Hall–Kier alpha value is -0.840. The Morgan fingerprint density at radius 3 is 3.18 bits per heavy atom. The highest BCUT2D eigenvalue weighted by Gasteiger charge is 2.17. The van der Waals surface area contributed by atoms with Crippen LogP contribution < -0.4 is 0 Å². The molecule has 1 aromatic carbocycles. The van der Waals surface area contributed by atoms with Crippen molar-refractivity contribution in [3.63, 3.8) is 0 Å². The summed E-state index contributed by atoms with van der Waals surface area (Å²) in [6, 6.07) is 5.79. The third-order valence-electron chi connectivity index (χ3n) is 3.15. The summed E-state index contributed by atoms with van der Waals surface area (Å²) < 4.78 is 8.48. The summed E-state index contributed by atoms with van der Waals surface area (Å²) in [4.78, 5) is 3.18. The summed E-state index contributed by atoms with van der Waals surface area (Å²) in [7, 11) is 0. The first kappa shape index (κ1) is 11.3. The van der Waals surface area contributed by atoms with E-state index in [1.54, 1.807) is 0 Å². The number of nitrogens with one attached hydrogen (secondary N) is 1. The van der Waals surface area contributed by atoms with Gasteiger partial charge in [0.2, 0.25) is 0 Å². The molecular formula is C12H13ClN2OS. The lowest BCUT2D eigenvalue weighted by Crippen LogP contribution is -2.14. The summed E-state index contributed by atoms with van der Waals surface area (Å²) in [5.41, 5.74) is 2.08. The lowest BCUT2D eigenvalue weighted by molar-refractivity contribution is 0.0976. The van der Waals surface area contributed by atoms with Crippen LogP contribution in [0.2, 0.25) is 5.02 Å². The van der Waals surface area contributed by atoms with E-state index >= 15 is 0 Å². The van der Waals surface area contributed by atoms with Crippen LogP contribution >= 0.6 is 23.8 Å². The Labute approximate surface area is 109 Å². The second kappa shape index (κ2) is 4.44. The van der Waals surface area contributed by atoms with Gasteiger partial charge in [-0.2, -0.15) is 0 Å². The number of hydrogen-bond donors (Lipinski definition) is 1. The molecule has 1 fully saturated rings. The van der Waals surface area contributed by atoms with Crippen LogP contribution in [0.25, 0.3) is 11.0 Å². The normalized spacial score (nSPS) is 20.2. The number of imidazole rings is 1. The molecule has 1 aromatic heterocycles. The molecule has 2 aromatic rings. The van der Waals surface area contributed by atoms with E-state index < -0.39 is 0 Å². The van der Waals surface area contributed by atoms with Crippen molar-refractivity contribution in [1.82, 2.24) is 9.55 Å². The highest BCUT2D eigenvalue weighted by Crippen LogP contribution is 2.21. The fourth-order valence-corrected chi connectivity index (χ4v) is 2.76. The van der Waals surface area contributed by atoms with Gasteiger partial charge in [-0.25, -0.2) is 0 Å². The van der Waals surface area contributed by atoms with Gasteiger partial charge in [-0.05, 0) is 43.3 Å². The van der Waals surface area contributed by atoms with Crippen LogP contribution in [0.4, 0.5) is 0 Å². The Balaban J connectivity index is 2.02. The van der Waals surface area contributed by atoms with Gasteiger partial charge < -0.3 is 14.3 Å². The fourth-order valence-electron chi connectivity index (χ4n) is 2.31. The SMILES string of the molecule is S=c1[nH]c2cc(Cl)ccc2n1CC1CCCO1. The van der Waals surface area contributed by atoms with Crippen LogP contribution in [0.1, 0.15) is 12.8 Å². The number of nitrogens with zero attached hydrogens (tertiary/aromatic N) is 1. The van der Waals surface area contributed by atoms with Crippen molar-refractivity contribution in [2.24, 2.45) is 0 Å². The average Bonchev–Trinajstić information content (AvgIpc) is 2.88. The van der Waals surface area contributed by atoms with Crippen LogP contribution in [-0.2, 0) is 11.3 Å². The van der Waals surface area contributed by atoms with Crippen molar-refractivity contribution in [3.05, 3.63) is 28.0 Å². The zero-order valence-corrected chi connectivity index (χ0v) is 10.9. The van der Waals surface area contributed by atoms with Crippen molar-refractivity contribution in [2.45, 2.75) is 25.5 Å². The molecule has 2 heterocycles. The van der Waals surface area contributed by atoms with E-state index in [0.29, 0.717) is 0 Å². The molecule has 0 spiro atoms. The molecule has 1 aliphatic heterocycles. The Bertz CT molecular complexity index is 598. The van der Waals surface area contributed by atoms with Crippen molar-refractivity contribution in [1.29, 1.82) is 0 Å². The van der Waals surface area contributed by atoms with Gasteiger partial charge in [0, 0.05) is 11.6 Å². The van der Waals surface area contributed by atoms with Gasteiger partial charge in [0.25, 0.3) is 0 Å². The zero-order valence-electron chi connectivity index (χ0n) is 9.28. The van der Waals surface area contributed by atoms with E-state index in [9.17, 15) is 0 Å². The summed E-state index contributed by atoms with van der Waals surface area (Å²) in [5.74, 6) is 0. The van der Waals surface area contributed by atoms with Crippen molar-refractivity contribution >= 4 is 34.9 Å². The van der Waals surface area contributed by atoms with Crippen LogP contribution in [-0.4, -0.2) is 22.3 Å². The van der Waals surface area contributed by atoms with Gasteiger partial charge >= 0.3 is 0 Å². The molecule has 3 nitrogen and oxygen atoms in total. The Morgan fingerprint density at radius 2 is 2.41 bits per heavy atom. The first-order valence-corrected chi connectivity index (χ1v) is 6.52. The van der Waals surface area contributed by atoms with E-state index in [1.807, 2.05) is 18.2 Å². The smallest absolute Gasteiger partial charge is 0.178 e. The lowest BCUT2D eigenvalue weighted by atomic mass is 10.2. The van der Waals surface area contributed by atoms with Gasteiger partial charge in [0.05, 0.1) is 23.7 Å². The number of ether oxygens (including phenoxy) is 1. The van der Waals surface area contributed by atoms with Crippen molar-refractivity contribution in [2.75, 3.05) is 6.61 Å². The zero-order chi connectivity index (χ0) is 11.8. The van der Waals surface area contributed by atoms with Crippen molar-refractivity contribution in [3.8, 4) is 0 Å². The van der Waals surface area contributed by atoms with Gasteiger partial charge in [0.15, 0.2) is 4.77 Å². The van der Waals surface area contributed by atoms with E-state index in [0.717, 1.165) is 46.8 Å². The van der Waals surface area contributed by atoms with Crippen LogP contribution in [0.5, 0.6) is 0 Å². The minimum absolute atomic E-state index is 0.288. The summed E-state index contributed by atoms with van der Waals surface area (Å²) >= 11 is 11.3. The molecular weight excluding hydrogens is 256 g/mol. The van der Waals surface area contributed by atoms with Crippen molar-refractivity contribution < 1.29 is 4.74 Å². The number of aromatic nitrogens is 2. The molecule has 1 atom stereocenters. The van der Waals surface area contributed by atoms with Gasteiger partial charge in [-0.3, -0.25) is 0 Å². The van der Waals surface area contributed by atoms with E-state index in [1.165, 1.54) is 0 Å². The Morgan fingerprint density at radius 1 is 1.53 bits per heavy atom. The molecule has 5 heteroatoms. The summed E-state index contributed by atoms with van der Waals surface area (Å²) in [6.45, 7) is 1.69. The molecule has 1 N–H and O–H groups in total. The molecule has 1 aliphatic rings. The Kier molecular flexibility index (Phi) is 2.94.